The lowest BCUT2D eigenvalue weighted by Crippen LogP contribution is -2.50. The Morgan fingerprint density at radius 1 is 1.29 bits per heavy atom. The lowest BCUT2D eigenvalue weighted by molar-refractivity contribution is -0.143. The third-order valence-electron chi connectivity index (χ3n) is 3.77. The molecule has 0 spiro atoms. The molecule has 0 unspecified atom stereocenters. The number of carbonyl (C=O) groups is 2. The van der Waals surface area contributed by atoms with Gasteiger partial charge in [-0.1, -0.05) is 0 Å². The molecule has 2 fully saturated rings. The van der Waals surface area contributed by atoms with Crippen LogP contribution in [0.1, 0.15) is 32.6 Å². The molecule has 0 saturated carbocycles. The summed E-state index contributed by atoms with van der Waals surface area (Å²) in [7, 11) is 0. The van der Waals surface area contributed by atoms with Crippen LogP contribution >= 0.6 is 0 Å². The Labute approximate surface area is 102 Å². The van der Waals surface area contributed by atoms with E-state index in [-0.39, 0.29) is 17.9 Å². The molecular formula is C12H21N3O2. The van der Waals surface area contributed by atoms with Gasteiger partial charge in [0.25, 0.3) is 0 Å². The molecule has 0 radical (unpaired) electrons. The molecule has 2 aliphatic heterocycles. The first-order valence-corrected chi connectivity index (χ1v) is 6.46. The minimum atomic E-state index is -0.411. The maximum atomic E-state index is 12.2. The van der Waals surface area contributed by atoms with Crippen LogP contribution in [-0.2, 0) is 9.59 Å². The zero-order valence-corrected chi connectivity index (χ0v) is 10.4. The fourth-order valence-corrected chi connectivity index (χ4v) is 2.62. The molecule has 0 aromatic rings. The largest absolute Gasteiger partial charge is 0.341 e. The van der Waals surface area contributed by atoms with Crippen molar-refractivity contribution in [3.63, 3.8) is 0 Å². The first-order chi connectivity index (χ1) is 8.11. The number of nitrogens with zero attached hydrogens (tertiary/aromatic N) is 2. The zero-order chi connectivity index (χ0) is 12.4. The van der Waals surface area contributed by atoms with Gasteiger partial charge in [0.05, 0.1) is 6.04 Å². The Balaban J connectivity index is 1.97. The monoisotopic (exact) mass is 239 g/mol. The van der Waals surface area contributed by atoms with Crippen molar-refractivity contribution >= 4 is 11.8 Å². The molecule has 0 bridgehead atoms. The molecule has 2 saturated heterocycles. The number of piperidine rings is 1. The predicted molar refractivity (Wildman–Crippen MR) is 64.2 cm³/mol. The van der Waals surface area contributed by atoms with Crippen molar-refractivity contribution in [3.05, 3.63) is 0 Å². The molecule has 17 heavy (non-hydrogen) atoms. The third-order valence-corrected chi connectivity index (χ3v) is 3.77. The summed E-state index contributed by atoms with van der Waals surface area (Å²) >= 11 is 0. The van der Waals surface area contributed by atoms with Crippen LogP contribution in [0.15, 0.2) is 0 Å². The first kappa shape index (κ1) is 12.4. The molecule has 0 aromatic heterocycles. The van der Waals surface area contributed by atoms with Gasteiger partial charge in [-0.3, -0.25) is 9.59 Å². The number of rotatable bonds is 2. The smallest absolute Gasteiger partial charge is 0.245 e. The van der Waals surface area contributed by atoms with Gasteiger partial charge in [0.2, 0.25) is 11.8 Å². The van der Waals surface area contributed by atoms with Crippen molar-refractivity contribution in [2.75, 3.05) is 19.6 Å². The van der Waals surface area contributed by atoms with Crippen LogP contribution in [0.5, 0.6) is 0 Å². The Morgan fingerprint density at radius 2 is 1.94 bits per heavy atom. The van der Waals surface area contributed by atoms with E-state index in [1.807, 2.05) is 11.8 Å². The standard InChI is InChI=1S/C12H21N3O2/c1-9(15-8-5-10(13)12(15)17)11(16)14-6-3-2-4-7-14/h9-10H,2-8,13H2,1H3/t9-,10-/m0/s1. The molecule has 2 aliphatic rings. The summed E-state index contributed by atoms with van der Waals surface area (Å²) in [5.74, 6) is -0.00462. The maximum absolute atomic E-state index is 12.2. The van der Waals surface area contributed by atoms with Gasteiger partial charge in [-0.15, -0.1) is 0 Å². The Morgan fingerprint density at radius 3 is 2.47 bits per heavy atom. The van der Waals surface area contributed by atoms with Crippen LogP contribution in [0.3, 0.4) is 0 Å². The quantitative estimate of drug-likeness (QED) is 0.734. The maximum Gasteiger partial charge on any atom is 0.245 e. The average Bonchev–Trinajstić information content (AvgIpc) is 2.69. The third kappa shape index (κ3) is 2.44. The second-order valence-corrected chi connectivity index (χ2v) is 4.99. The van der Waals surface area contributed by atoms with E-state index in [4.69, 9.17) is 5.73 Å². The van der Waals surface area contributed by atoms with Gasteiger partial charge in [0.1, 0.15) is 6.04 Å². The minimum Gasteiger partial charge on any atom is -0.341 e. The highest BCUT2D eigenvalue weighted by atomic mass is 16.2. The van der Waals surface area contributed by atoms with Gasteiger partial charge >= 0.3 is 0 Å². The Bertz CT molecular complexity index is 313. The highest BCUT2D eigenvalue weighted by Gasteiger charge is 2.36. The second-order valence-electron chi connectivity index (χ2n) is 4.99. The highest BCUT2D eigenvalue weighted by Crippen LogP contribution is 2.17. The molecule has 2 heterocycles. The molecular weight excluding hydrogens is 218 g/mol. The van der Waals surface area contributed by atoms with Crippen LogP contribution in [0, 0.1) is 0 Å². The lowest BCUT2D eigenvalue weighted by Gasteiger charge is -2.32. The number of likely N-dealkylation sites (tertiary alicyclic amines) is 2. The van der Waals surface area contributed by atoms with Crippen molar-refractivity contribution in [3.8, 4) is 0 Å². The normalized spacial score (nSPS) is 27.4. The molecule has 2 amide bonds. The van der Waals surface area contributed by atoms with Crippen molar-refractivity contribution < 1.29 is 9.59 Å². The first-order valence-electron chi connectivity index (χ1n) is 6.46. The van der Waals surface area contributed by atoms with E-state index in [2.05, 4.69) is 0 Å². The van der Waals surface area contributed by atoms with E-state index in [0.29, 0.717) is 13.0 Å². The summed E-state index contributed by atoms with van der Waals surface area (Å²) in [4.78, 5) is 27.5. The fourth-order valence-electron chi connectivity index (χ4n) is 2.62. The van der Waals surface area contributed by atoms with Crippen molar-refractivity contribution in [2.45, 2.75) is 44.7 Å². The van der Waals surface area contributed by atoms with Crippen LogP contribution in [-0.4, -0.2) is 53.3 Å². The number of amides is 2. The zero-order valence-electron chi connectivity index (χ0n) is 10.4. The van der Waals surface area contributed by atoms with Gasteiger partial charge < -0.3 is 15.5 Å². The summed E-state index contributed by atoms with van der Waals surface area (Å²) in [5.41, 5.74) is 5.67. The van der Waals surface area contributed by atoms with Crippen LogP contribution in [0.2, 0.25) is 0 Å². The van der Waals surface area contributed by atoms with Crippen molar-refractivity contribution in [2.24, 2.45) is 5.73 Å². The van der Waals surface area contributed by atoms with Gasteiger partial charge in [0, 0.05) is 19.6 Å². The van der Waals surface area contributed by atoms with Crippen molar-refractivity contribution in [1.29, 1.82) is 0 Å². The fraction of sp³-hybridized carbons (Fsp3) is 0.833. The average molecular weight is 239 g/mol. The number of hydrogen-bond acceptors (Lipinski definition) is 3. The van der Waals surface area contributed by atoms with E-state index in [0.717, 1.165) is 25.9 Å². The summed E-state index contributed by atoms with van der Waals surface area (Å²) in [6.45, 7) is 4.09. The van der Waals surface area contributed by atoms with Crippen LogP contribution in [0.25, 0.3) is 0 Å². The van der Waals surface area contributed by atoms with Crippen molar-refractivity contribution in [1.82, 2.24) is 9.80 Å². The van der Waals surface area contributed by atoms with Gasteiger partial charge in [-0.2, -0.15) is 0 Å². The van der Waals surface area contributed by atoms with Gasteiger partial charge in [-0.25, -0.2) is 0 Å². The lowest BCUT2D eigenvalue weighted by atomic mass is 10.1. The Kier molecular flexibility index (Phi) is 3.66. The predicted octanol–water partition coefficient (Wildman–Crippen LogP) is -0.0530. The summed E-state index contributed by atoms with van der Waals surface area (Å²) in [5, 5.41) is 0. The van der Waals surface area contributed by atoms with E-state index < -0.39 is 6.04 Å². The summed E-state index contributed by atoms with van der Waals surface area (Å²) < 4.78 is 0. The molecule has 96 valence electrons. The molecule has 2 N–H and O–H groups in total. The number of hydrogen-bond donors (Lipinski definition) is 1. The molecule has 0 aromatic carbocycles. The molecule has 5 heteroatoms. The SMILES string of the molecule is C[C@@H](C(=O)N1CCCCC1)N1CC[C@H](N)C1=O. The van der Waals surface area contributed by atoms with E-state index in [9.17, 15) is 9.59 Å². The van der Waals surface area contributed by atoms with Crippen LogP contribution in [0.4, 0.5) is 0 Å². The van der Waals surface area contributed by atoms with E-state index >= 15 is 0 Å². The van der Waals surface area contributed by atoms with Crippen LogP contribution < -0.4 is 5.73 Å². The number of nitrogens with two attached hydrogens (primary N) is 1. The van der Waals surface area contributed by atoms with E-state index in [1.54, 1.807) is 4.90 Å². The van der Waals surface area contributed by atoms with Gasteiger partial charge in [-0.05, 0) is 32.6 Å². The molecule has 2 rings (SSSR count). The molecule has 0 aliphatic carbocycles. The highest BCUT2D eigenvalue weighted by molar-refractivity contribution is 5.90. The van der Waals surface area contributed by atoms with Gasteiger partial charge in [0.15, 0.2) is 0 Å². The summed E-state index contributed by atoms with van der Waals surface area (Å²) in [6.07, 6.45) is 4.01. The second kappa shape index (κ2) is 5.04. The molecule has 2 atom stereocenters. The Hall–Kier alpha value is -1.10. The van der Waals surface area contributed by atoms with E-state index in [1.165, 1.54) is 6.42 Å². The number of carbonyl (C=O) groups excluding carboxylic acids is 2. The minimum absolute atomic E-state index is 0.0761. The topological polar surface area (TPSA) is 66.6 Å². The summed E-state index contributed by atoms with van der Waals surface area (Å²) in [6, 6.07) is -0.763. The molecule has 5 nitrogen and oxygen atoms in total.